The van der Waals surface area contributed by atoms with Crippen molar-refractivity contribution in [3.05, 3.63) is 34.6 Å². The van der Waals surface area contributed by atoms with E-state index in [-0.39, 0.29) is 11.5 Å². The van der Waals surface area contributed by atoms with Gasteiger partial charge in [0.2, 0.25) is 5.91 Å². The van der Waals surface area contributed by atoms with Crippen LogP contribution in [0.4, 0.5) is 5.69 Å². The molecule has 1 amide bonds. The van der Waals surface area contributed by atoms with E-state index >= 15 is 0 Å². The minimum absolute atomic E-state index is 0.130. The van der Waals surface area contributed by atoms with Crippen LogP contribution in [0.5, 0.6) is 0 Å². The van der Waals surface area contributed by atoms with E-state index in [9.17, 15) is 9.59 Å². The molecule has 7 nitrogen and oxygen atoms in total. The summed E-state index contributed by atoms with van der Waals surface area (Å²) >= 11 is 1.08. The lowest BCUT2D eigenvalue weighted by molar-refractivity contribution is -0.114. The lowest BCUT2D eigenvalue weighted by Crippen LogP contribution is -2.07. The minimum Gasteiger partial charge on any atom is -0.326 e. The molecule has 20 heavy (non-hydrogen) atoms. The summed E-state index contributed by atoms with van der Waals surface area (Å²) in [5.74, 6) is -0.130. The standard InChI is InChI=1S/C12H9N5O2S/c1-6(18)13-8-4-2-7(3-5-8)9-10-11(20-16-9)12(19)15-17-14-10/h2-5H,1H3,(H,13,18)(H,14,15,19). The van der Waals surface area contributed by atoms with Gasteiger partial charge in [-0.3, -0.25) is 9.59 Å². The van der Waals surface area contributed by atoms with Gasteiger partial charge in [0.15, 0.2) is 0 Å². The number of rotatable bonds is 2. The number of nitrogens with zero attached hydrogens (tertiary/aromatic N) is 3. The number of H-pyrrole nitrogens is 1. The molecular formula is C12H9N5O2S. The molecule has 0 saturated heterocycles. The quantitative estimate of drug-likeness (QED) is 0.742. The number of aromatic nitrogens is 4. The molecule has 0 fully saturated rings. The molecule has 0 atom stereocenters. The average Bonchev–Trinajstić information content (AvgIpc) is 2.84. The zero-order valence-corrected chi connectivity index (χ0v) is 11.2. The average molecular weight is 287 g/mol. The number of carbonyl (C=O) groups excluding carboxylic acids is 1. The van der Waals surface area contributed by atoms with Crippen molar-refractivity contribution < 1.29 is 4.79 Å². The first-order valence-corrected chi connectivity index (χ1v) is 6.51. The molecule has 8 heteroatoms. The van der Waals surface area contributed by atoms with Gasteiger partial charge in [-0.05, 0) is 23.7 Å². The zero-order valence-electron chi connectivity index (χ0n) is 10.4. The zero-order chi connectivity index (χ0) is 14.1. The van der Waals surface area contributed by atoms with Crippen molar-refractivity contribution in [2.24, 2.45) is 0 Å². The Kier molecular flexibility index (Phi) is 2.99. The van der Waals surface area contributed by atoms with Crippen LogP contribution in [-0.4, -0.2) is 25.7 Å². The second kappa shape index (κ2) is 4.82. The van der Waals surface area contributed by atoms with Crippen LogP contribution in [0.15, 0.2) is 29.1 Å². The second-order valence-corrected chi connectivity index (χ2v) is 4.88. The van der Waals surface area contributed by atoms with Gasteiger partial charge in [-0.25, -0.2) is 5.10 Å². The Morgan fingerprint density at radius 1 is 1.30 bits per heavy atom. The first-order chi connectivity index (χ1) is 9.65. The molecule has 3 aromatic rings. The molecule has 2 N–H and O–H groups in total. The van der Waals surface area contributed by atoms with Gasteiger partial charge in [0.05, 0.1) is 0 Å². The van der Waals surface area contributed by atoms with Crippen LogP contribution in [0.25, 0.3) is 21.5 Å². The van der Waals surface area contributed by atoms with Crippen molar-refractivity contribution in [2.75, 3.05) is 5.32 Å². The van der Waals surface area contributed by atoms with Crippen molar-refractivity contribution in [2.45, 2.75) is 6.92 Å². The lowest BCUT2D eigenvalue weighted by atomic mass is 10.1. The van der Waals surface area contributed by atoms with Crippen LogP contribution < -0.4 is 10.9 Å². The Hall–Kier alpha value is -2.61. The Bertz CT molecular complexity index is 837. The minimum atomic E-state index is -0.298. The fourth-order valence-electron chi connectivity index (χ4n) is 1.80. The number of fused-ring (bicyclic) bond motifs is 1. The fourth-order valence-corrected chi connectivity index (χ4v) is 2.53. The van der Waals surface area contributed by atoms with Crippen molar-refractivity contribution in [3.63, 3.8) is 0 Å². The molecule has 100 valence electrons. The van der Waals surface area contributed by atoms with Crippen molar-refractivity contribution in [3.8, 4) is 11.3 Å². The fraction of sp³-hybridized carbons (Fsp3) is 0.0833. The van der Waals surface area contributed by atoms with E-state index in [4.69, 9.17) is 0 Å². The van der Waals surface area contributed by atoms with E-state index in [2.05, 4.69) is 25.1 Å². The maximum atomic E-state index is 11.6. The highest BCUT2D eigenvalue weighted by molar-refractivity contribution is 7.13. The lowest BCUT2D eigenvalue weighted by Gasteiger charge is -2.02. The Morgan fingerprint density at radius 2 is 2.05 bits per heavy atom. The molecule has 3 rings (SSSR count). The van der Waals surface area contributed by atoms with E-state index in [1.165, 1.54) is 6.92 Å². The summed E-state index contributed by atoms with van der Waals surface area (Å²) in [6, 6.07) is 7.15. The van der Waals surface area contributed by atoms with Crippen LogP contribution >= 0.6 is 11.5 Å². The Labute approximate surface area is 116 Å². The first-order valence-electron chi connectivity index (χ1n) is 5.74. The molecule has 2 heterocycles. The van der Waals surface area contributed by atoms with Crippen LogP contribution in [0.2, 0.25) is 0 Å². The van der Waals surface area contributed by atoms with E-state index in [0.717, 1.165) is 17.1 Å². The van der Waals surface area contributed by atoms with Crippen molar-refractivity contribution >= 4 is 33.3 Å². The molecule has 0 spiro atoms. The molecule has 0 aliphatic heterocycles. The van der Waals surface area contributed by atoms with Gasteiger partial charge in [0.1, 0.15) is 15.9 Å². The third-order valence-corrected chi connectivity index (χ3v) is 3.49. The largest absolute Gasteiger partial charge is 0.326 e. The van der Waals surface area contributed by atoms with Gasteiger partial charge in [-0.15, -0.1) is 5.10 Å². The van der Waals surface area contributed by atoms with Crippen LogP contribution in [0.1, 0.15) is 6.92 Å². The van der Waals surface area contributed by atoms with E-state index in [0.29, 0.717) is 21.6 Å². The summed E-state index contributed by atoms with van der Waals surface area (Å²) in [4.78, 5) is 22.5. The summed E-state index contributed by atoms with van der Waals surface area (Å²) in [5.41, 5.74) is 2.30. The van der Waals surface area contributed by atoms with Gasteiger partial charge in [0.25, 0.3) is 5.56 Å². The number of nitrogens with one attached hydrogen (secondary N) is 2. The van der Waals surface area contributed by atoms with Gasteiger partial charge >= 0.3 is 0 Å². The number of carbonyl (C=O) groups is 1. The number of aromatic amines is 1. The third-order valence-electron chi connectivity index (χ3n) is 2.65. The predicted molar refractivity (Wildman–Crippen MR) is 75.6 cm³/mol. The number of hydrogen-bond donors (Lipinski definition) is 2. The summed E-state index contributed by atoms with van der Waals surface area (Å²) < 4.78 is 4.69. The molecule has 0 aliphatic rings. The maximum Gasteiger partial charge on any atom is 0.286 e. The number of amides is 1. The normalized spacial score (nSPS) is 10.7. The predicted octanol–water partition coefficient (Wildman–Crippen LogP) is 1.40. The van der Waals surface area contributed by atoms with Gasteiger partial charge in [0, 0.05) is 18.2 Å². The summed E-state index contributed by atoms with van der Waals surface area (Å²) in [5, 5.41) is 12.4. The van der Waals surface area contributed by atoms with Crippen LogP contribution in [0.3, 0.4) is 0 Å². The summed E-state index contributed by atoms with van der Waals surface area (Å²) in [6.07, 6.45) is 0. The molecular weight excluding hydrogens is 278 g/mol. The molecule has 0 bridgehead atoms. The Morgan fingerprint density at radius 3 is 2.75 bits per heavy atom. The Balaban J connectivity index is 2.05. The SMILES string of the molecule is CC(=O)Nc1ccc(-c2nsc3c(=O)[nH]nnc23)cc1. The maximum absolute atomic E-state index is 11.6. The highest BCUT2D eigenvalue weighted by Crippen LogP contribution is 2.27. The van der Waals surface area contributed by atoms with Gasteiger partial charge in [-0.1, -0.05) is 17.3 Å². The highest BCUT2D eigenvalue weighted by Gasteiger charge is 2.12. The molecule has 1 aromatic carbocycles. The van der Waals surface area contributed by atoms with Gasteiger partial charge in [-0.2, -0.15) is 4.37 Å². The molecule has 2 aromatic heterocycles. The third kappa shape index (κ3) is 2.16. The molecule has 0 aliphatic carbocycles. The van der Waals surface area contributed by atoms with Crippen LogP contribution in [-0.2, 0) is 4.79 Å². The van der Waals surface area contributed by atoms with E-state index in [1.807, 2.05) is 12.1 Å². The van der Waals surface area contributed by atoms with Gasteiger partial charge < -0.3 is 5.32 Å². The molecule has 0 radical (unpaired) electrons. The number of anilines is 1. The number of benzene rings is 1. The van der Waals surface area contributed by atoms with E-state index in [1.54, 1.807) is 12.1 Å². The van der Waals surface area contributed by atoms with Crippen LogP contribution in [0, 0.1) is 0 Å². The topological polar surface area (TPSA) is 101 Å². The monoisotopic (exact) mass is 287 g/mol. The molecule has 0 unspecified atom stereocenters. The second-order valence-electron chi connectivity index (χ2n) is 4.11. The van der Waals surface area contributed by atoms with Crippen molar-refractivity contribution in [1.29, 1.82) is 0 Å². The number of hydrogen-bond acceptors (Lipinski definition) is 6. The summed E-state index contributed by atoms with van der Waals surface area (Å²) in [7, 11) is 0. The smallest absolute Gasteiger partial charge is 0.286 e. The van der Waals surface area contributed by atoms with Crippen molar-refractivity contribution in [1.82, 2.24) is 19.8 Å². The summed E-state index contributed by atoms with van der Waals surface area (Å²) in [6.45, 7) is 1.45. The van der Waals surface area contributed by atoms with E-state index < -0.39 is 0 Å². The highest BCUT2D eigenvalue weighted by atomic mass is 32.1. The molecule has 0 saturated carbocycles. The first kappa shape index (κ1) is 12.4.